The highest BCUT2D eigenvalue weighted by molar-refractivity contribution is 7.92. The van der Waals surface area contributed by atoms with E-state index in [0.29, 0.717) is 5.69 Å². The Balaban J connectivity index is 3.08. The summed E-state index contributed by atoms with van der Waals surface area (Å²) in [7, 11) is -3.20. The first kappa shape index (κ1) is 10.8. The van der Waals surface area contributed by atoms with E-state index < -0.39 is 10.0 Å². The van der Waals surface area contributed by atoms with Gasteiger partial charge in [-0.3, -0.25) is 4.72 Å². The van der Waals surface area contributed by atoms with E-state index in [0.717, 1.165) is 11.8 Å². The monoisotopic (exact) mass is 211 g/mol. The molecule has 0 bridgehead atoms. The van der Waals surface area contributed by atoms with Crippen LogP contribution in [0.1, 0.15) is 12.5 Å². The van der Waals surface area contributed by atoms with Crippen molar-refractivity contribution in [3.63, 3.8) is 0 Å². The second kappa shape index (κ2) is 4.28. The second-order valence-corrected chi connectivity index (χ2v) is 4.71. The molecule has 0 aliphatic heterocycles. The summed E-state index contributed by atoms with van der Waals surface area (Å²) in [6, 6.07) is 7.24. The Kier molecular flexibility index (Phi) is 3.30. The average molecular weight is 211 g/mol. The molecule has 3 nitrogen and oxygen atoms in total. The van der Waals surface area contributed by atoms with E-state index in [-0.39, 0.29) is 0 Å². The Bertz CT molecular complexity index is 435. The van der Waals surface area contributed by atoms with Crippen molar-refractivity contribution in [2.24, 2.45) is 0 Å². The third kappa shape index (κ3) is 3.22. The number of nitrogens with one attached hydrogen (secondary N) is 1. The molecule has 0 fully saturated rings. The summed E-state index contributed by atoms with van der Waals surface area (Å²) >= 11 is 0. The average Bonchev–Trinajstić information content (AvgIpc) is 2.06. The van der Waals surface area contributed by atoms with Gasteiger partial charge in [-0.15, -0.1) is 0 Å². The SMILES string of the molecule is C/C=C/c1ccccc1NS(C)(=O)=O. The lowest BCUT2D eigenvalue weighted by molar-refractivity contribution is 0.607. The highest BCUT2D eigenvalue weighted by Gasteiger charge is 2.03. The normalized spacial score (nSPS) is 11.9. The lowest BCUT2D eigenvalue weighted by Gasteiger charge is -2.06. The molecule has 0 atom stereocenters. The van der Waals surface area contributed by atoms with Gasteiger partial charge in [0.1, 0.15) is 0 Å². The predicted molar refractivity (Wildman–Crippen MR) is 59.6 cm³/mol. The number of sulfonamides is 1. The van der Waals surface area contributed by atoms with E-state index in [1.54, 1.807) is 12.1 Å². The zero-order valence-corrected chi connectivity index (χ0v) is 9.01. The van der Waals surface area contributed by atoms with Crippen molar-refractivity contribution in [2.45, 2.75) is 6.92 Å². The van der Waals surface area contributed by atoms with E-state index in [9.17, 15) is 8.42 Å². The molecule has 4 heteroatoms. The fourth-order valence-corrected chi connectivity index (χ4v) is 1.70. The van der Waals surface area contributed by atoms with Gasteiger partial charge in [0.05, 0.1) is 11.9 Å². The molecule has 1 rings (SSSR count). The Hall–Kier alpha value is -1.29. The van der Waals surface area contributed by atoms with Crippen LogP contribution in [0, 0.1) is 0 Å². The van der Waals surface area contributed by atoms with Crippen molar-refractivity contribution >= 4 is 21.8 Å². The lowest BCUT2D eigenvalue weighted by atomic mass is 10.2. The van der Waals surface area contributed by atoms with Gasteiger partial charge in [0, 0.05) is 0 Å². The Morgan fingerprint density at radius 2 is 1.93 bits per heavy atom. The molecule has 0 saturated heterocycles. The van der Waals surface area contributed by atoms with Gasteiger partial charge in [0.15, 0.2) is 0 Å². The number of anilines is 1. The molecule has 1 aromatic carbocycles. The molecular weight excluding hydrogens is 198 g/mol. The molecule has 1 N–H and O–H groups in total. The third-order valence-corrected chi connectivity index (χ3v) is 2.19. The summed E-state index contributed by atoms with van der Waals surface area (Å²) in [5, 5.41) is 0. The summed E-state index contributed by atoms with van der Waals surface area (Å²) in [5.41, 5.74) is 1.47. The van der Waals surface area contributed by atoms with Crippen LogP contribution in [0.25, 0.3) is 6.08 Å². The van der Waals surface area contributed by atoms with Crippen molar-refractivity contribution in [2.75, 3.05) is 11.0 Å². The lowest BCUT2D eigenvalue weighted by Crippen LogP contribution is -2.10. The standard InChI is InChI=1S/C10H13NO2S/c1-3-6-9-7-4-5-8-10(9)11-14(2,12)13/h3-8,11H,1-2H3/b6-3+. The van der Waals surface area contributed by atoms with Gasteiger partial charge in [0.25, 0.3) is 0 Å². The van der Waals surface area contributed by atoms with Crippen LogP contribution in [-0.2, 0) is 10.0 Å². The zero-order chi connectivity index (χ0) is 10.6. The minimum Gasteiger partial charge on any atom is -0.283 e. The number of hydrogen-bond acceptors (Lipinski definition) is 2. The molecule has 0 aliphatic rings. The van der Waals surface area contributed by atoms with Crippen molar-refractivity contribution in [1.29, 1.82) is 0 Å². The maximum atomic E-state index is 11.0. The summed E-state index contributed by atoms with van der Waals surface area (Å²) < 4.78 is 24.5. The largest absolute Gasteiger partial charge is 0.283 e. The molecule has 0 amide bonds. The third-order valence-electron chi connectivity index (χ3n) is 1.60. The quantitative estimate of drug-likeness (QED) is 0.832. The highest BCUT2D eigenvalue weighted by Crippen LogP contribution is 2.17. The predicted octanol–water partition coefficient (Wildman–Crippen LogP) is 2.09. The Morgan fingerprint density at radius 3 is 2.50 bits per heavy atom. The van der Waals surface area contributed by atoms with Gasteiger partial charge in [-0.1, -0.05) is 30.4 Å². The molecule has 0 radical (unpaired) electrons. The Labute approximate surface area is 84.5 Å². The van der Waals surface area contributed by atoms with Gasteiger partial charge in [0.2, 0.25) is 10.0 Å². The number of para-hydroxylation sites is 1. The Morgan fingerprint density at radius 1 is 1.29 bits per heavy atom. The highest BCUT2D eigenvalue weighted by atomic mass is 32.2. The van der Waals surface area contributed by atoms with Crippen LogP contribution >= 0.6 is 0 Å². The minimum absolute atomic E-state index is 0.605. The van der Waals surface area contributed by atoms with Crippen LogP contribution in [0.5, 0.6) is 0 Å². The number of rotatable bonds is 3. The molecule has 0 spiro atoms. The summed E-state index contributed by atoms with van der Waals surface area (Å²) in [6.07, 6.45) is 4.86. The molecule has 14 heavy (non-hydrogen) atoms. The van der Waals surface area contributed by atoms with Crippen molar-refractivity contribution < 1.29 is 8.42 Å². The maximum Gasteiger partial charge on any atom is 0.229 e. The minimum atomic E-state index is -3.20. The number of hydrogen-bond donors (Lipinski definition) is 1. The fourth-order valence-electron chi connectivity index (χ4n) is 1.11. The molecule has 1 aromatic rings. The summed E-state index contributed by atoms with van der Waals surface area (Å²) in [5.74, 6) is 0. The van der Waals surface area contributed by atoms with Gasteiger partial charge in [-0.05, 0) is 18.6 Å². The molecule has 0 heterocycles. The van der Waals surface area contributed by atoms with Crippen LogP contribution in [-0.4, -0.2) is 14.7 Å². The van der Waals surface area contributed by atoms with Gasteiger partial charge < -0.3 is 0 Å². The summed E-state index contributed by atoms with van der Waals surface area (Å²) in [4.78, 5) is 0. The van der Waals surface area contributed by atoms with Crippen molar-refractivity contribution in [3.05, 3.63) is 35.9 Å². The van der Waals surface area contributed by atoms with E-state index >= 15 is 0 Å². The first-order chi connectivity index (χ1) is 6.53. The van der Waals surface area contributed by atoms with Gasteiger partial charge in [-0.2, -0.15) is 0 Å². The summed E-state index contributed by atoms with van der Waals surface area (Å²) in [6.45, 7) is 1.89. The molecular formula is C10H13NO2S. The van der Waals surface area contributed by atoms with Crippen LogP contribution in [0.15, 0.2) is 30.3 Å². The van der Waals surface area contributed by atoms with E-state index in [1.165, 1.54) is 0 Å². The van der Waals surface area contributed by atoms with E-state index in [1.807, 2.05) is 31.2 Å². The van der Waals surface area contributed by atoms with E-state index in [4.69, 9.17) is 0 Å². The molecule has 76 valence electrons. The number of allylic oxidation sites excluding steroid dienone is 1. The van der Waals surface area contributed by atoms with E-state index in [2.05, 4.69) is 4.72 Å². The topological polar surface area (TPSA) is 46.2 Å². The van der Waals surface area contributed by atoms with Crippen LogP contribution in [0.3, 0.4) is 0 Å². The van der Waals surface area contributed by atoms with Crippen molar-refractivity contribution in [1.82, 2.24) is 0 Å². The zero-order valence-electron chi connectivity index (χ0n) is 8.19. The van der Waals surface area contributed by atoms with Crippen LogP contribution in [0.2, 0.25) is 0 Å². The molecule has 0 aromatic heterocycles. The number of benzene rings is 1. The molecule has 0 saturated carbocycles. The van der Waals surface area contributed by atoms with Gasteiger partial charge >= 0.3 is 0 Å². The van der Waals surface area contributed by atoms with Crippen molar-refractivity contribution in [3.8, 4) is 0 Å². The first-order valence-electron chi connectivity index (χ1n) is 4.22. The maximum absolute atomic E-state index is 11.0. The second-order valence-electron chi connectivity index (χ2n) is 2.96. The molecule has 0 unspecified atom stereocenters. The van der Waals surface area contributed by atoms with Gasteiger partial charge in [-0.25, -0.2) is 8.42 Å². The van der Waals surface area contributed by atoms with Crippen LogP contribution in [0.4, 0.5) is 5.69 Å². The molecule has 0 aliphatic carbocycles. The van der Waals surface area contributed by atoms with Crippen LogP contribution < -0.4 is 4.72 Å². The first-order valence-corrected chi connectivity index (χ1v) is 6.11. The fraction of sp³-hybridized carbons (Fsp3) is 0.200. The smallest absolute Gasteiger partial charge is 0.229 e.